The summed E-state index contributed by atoms with van der Waals surface area (Å²) in [5.41, 5.74) is 2.44. The number of halogens is 1. The van der Waals surface area contributed by atoms with Crippen LogP contribution < -0.4 is 4.74 Å². The van der Waals surface area contributed by atoms with Gasteiger partial charge in [0.1, 0.15) is 11.6 Å². The van der Waals surface area contributed by atoms with Gasteiger partial charge in [0.2, 0.25) is 0 Å². The molecule has 0 aliphatic carbocycles. The summed E-state index contributed by atoms with van der Waals surface area (Å²) in [5.74, 6) is -0.728. The zero-order chi connectivity index (χ0) is 18.5. The van der Waals surface area contributed by atoms with Crippen molar-refractivity contribution in [3.05, 3.63) is 60.5 Å². The monoisotopic (exact) mass is 353 g/mol. The van der Waals surface area contributed by atoms with E-state index < -0.39 is 5.97 Å². The van der Waals surface area contributed by atoms with Gasteiger partial charge in [0.15, 0.2) is 0 Å². The maximum atomic E-state index is 13.4. The van der Waals surface area contributed by atoms with Crippen LogP contribution in [0.4, 0.5) is 4.39 Å². The highest BCUT2D eigenvalue weighted by molar-refractivity contribution is 5.84. The van der Waals surface area contributed by atoms with Gasteiger partial charge in [-0.2, -0.15) is 0 Å². The first-order valence-electron chi connectivity index (χ1n) is 8.54. The quantitative estimate of drug-likeness (QED) is 0.613. The first-order chi connectivity index (χ1) is 12.5. The SMILES string of the molecule is CC(CCCOc1ccc2ncc(-c3cccc(F)c3)cc2c1)C(=O)O. The summed E-state index contributed by atoms with van der Waals surface area (Å²) < 4.78 is 19.2. The normalized spacial score (nSPS) is 12.1. The Morgan fingerprint density at radius 1 is 1.19 bits per heavy atom. The maximum absolute atomic E-state index is 13.4. The lowest BCUT2D eigenvalue weighted by atomic mass is 10.1. The molecule has 0 saturated heterocycles. The van der Waals surface area contributed by atoms with Crippen molar-refractivity contribution in [2.45, 2.75) is 19.8 Å². The smallest absolute Gasteiger partial charge is 0.306 e. The Morgan fingerprint density at radius 3 is 2.81 bits per heavy atom. The molecule has 1 N–H and O–H groups in total. The Morgan fingerprint density at radius 2 is 2.04 bits per heavy atom. The number of hydrogen-bond donors (Lipinski definition) is 1. The second-order valence-corrected chi connectivity index (χ2v) is 6.32. The number of benzene rings is 2. The highest BCUT2D eigenvalue weighted by Gasteiger charge is 2.10. The summed E-state index contributed by atoms with van der Waals surface area (Å²) >= 11 is 0. The number of aromatic nitrogens is 1. The number of fused-ring (bicyclic) bond motifs is 1. The highest BCUT2D eigenvalue weighted by Crippen LogP contribution is 2.26. The fourth-order valence-corrected chi connectivity index (χ4v) is 2.73. The summed E-state index contributed by atoms with van der Waals surface area (Å²) in [6.07, 6.45) is 2.98. The lowest BCUT2D eigenvalue weighted by Crippen LogP contribution is -2.10. The number of rotatable bonds is 7. The van der Waals surface area contributed by atoms with Gasteiger partial charge in [0.25, 0.3) is 0 Å². The van der Waals surface area contributed by atoms with Crippen molar-refractivity contribution in [3.63, 3.8) is 0 Å². The van der Waals surface area contributed by atoms with Gasteiger partial charge in [0, 0.05) is 17.1 Å². The van der Waals surface area contributed by atoms with E-state index in [0.29, 0.717) is 25.2 Å². The second kappa shape index (κ2) is 7.95. The van der Waals surface area contributed by atoms with Gasteiger partial charge in [-0.1, -0.05) is 19.1 Å². The highest BCUT2D eigenvalue weighted by atomic mass is 19.1. The molecular formula is C21H20FNO3. The molecular weight excluding hydrogens is 333 g/mol. The van der Waals surface area contributed by atoms with Crippen molar-refractivity contribution < 1.29 is 19.0 Å². The van der Waals surface area contributed by atoms with Crippen LogP contribution in [0.25, 0.3) is 22.0 Å². The van der Waals surface area contributed by atoms with Gasteiger partial charge < -0.3 is 9.84 Å². The molecule has 5 heteroatoms. The zero-order valence-electron chi connectivity index (χ0n) is 14.5. The lowest BCUT2D eigenvalue weighted by molar-refractivity contribution is -0.141. The van der Waals surface area contributed by atoms with Gasteiger partial charge in [-0.25, -0.2) is 4.39 Å². The molecule has 0 saturated carbocycles. The standard InChI is InChI=1S/C21H20FNO3/c1-14(21(24)25)4-3-9-26-19-7-8-20-16(12-19)10-17(13-23-20)15-5-2-6-18(22)11-15/h2,5-8,10-14H,3-4,9H2,1H3,(H,24,25). The van der Waals surface area contributed by atoms with Gasteiger partial charge in [0.05, 0.1) is 18.0 Å². The third kappa shape index (κ3) is 4.36. The van der Waals surface area contributed by atoms with Crippen LogP contribution in [-0.4, -0.2) is 22.7 Å². The molecule has 0 spiro atoms. The molecule has 1 heterocycles. The molecule has 26 heavy (non-hydrogen) atoms. The van der Waals surface area contributed by atoms with Crippen LogP contribution in [-0.2, 0) is 4.79 Å². The number of carboxylic acids is 1. The number of ether oxygens (including phenoxy) is 1. The Labute approximate surface area is 151 Å². The summed E-state index contributed by atoms with van der Waals surface area (Å²) in [6, 6.07) is 14.0. The third-order valence-electron chi connectivity index (χ3n) is 4.28. The first-order valence-corrected chi connectivity index (χ1v) is 8.54. The van der Waals surface area contributed by atoms with Gasteiger partial charge in [-0.3, -0.25) is 9.78 Å². The van der Waals surface area contributed by atoms with Gasteiger partial charge in [-0.15, -0.1) is 0 Å². The summed E-state index contributed by atoms with van der Waals surface area (Å²) in [4.78, 5) is 15.2. The van der Waals surface area contributed by atoms with Crippen molar-refractivity contribution in [2.75, 3.05) is 6.61 Å². The van der Waals surface area contributed by atoms with E-state index in [0.717, 1.165) is 22.0 Å². The van der Waals surface area contributed by atoms with Crippen LogP contribution in [0.1, 0.15) is 19.8 Å². The number of pyridine rings is 1. The lowest BCUT2D eigenvalue weighted by Gasteiger charge is -2.09. The van der Waals surface area contributed by atoms with Crippen molar-refractivity contribution in [2.24, 2.45) is 5.92 Å². The van der Waals surface area contributed by atoms with Gasteiger partial charge in [-0.05, 0) is 54.8 Å². The molecule has 134 valence electrons. The number of carbonyl (C=O) groups is 1. The average molecular weight is 353 g/mol. The molecule has 2 aromatic carbocycles. The molecule has 0 radical (unpaired) electrons. The van der Waals surface area contributed by atoms with E-state index in [-0.39, 0.29) is 11.7 Å². The summed E-state index contributed by atoms with van der Waals surface area (Å²) in [6.45, 7) is 2.15. The van der Waals surface area contributed by atoms with E-state index in [1.54, 1.807) is 19.2 Å². The number of carboxylic acid groups (broad SMARTS) is 1. The molecule has 0 bridgehead atoms. The fraction of sp³-hybridized carbons (Fsp3) is 0.238. The molecule has 0 fully saturated rings. The van der Waals surface area contributed by atoms with Crippen molar-refractivity contribution in [1.82, 2.24) is 4.98 Å². The Bertz CT molecular complexity index is 926. The Balaban J connectivity index is 1.72. The van der Waals surface area contributed by atoms with E-state index in [1.165, 1.54) is 12.1 Å². The van der Waals surface area contributed by atoms with Crippen LogP contribution in [0.2, 0.25) is 0 Å². The van der Waals surface area contributed by atoms with E-state index in [1.807, 2.05) is 30.3 Å². The van der Waals surface area contributed by atoms with Crippen molar-refractivity contribution in [3.8, 4) is 16.9 Å². The molecule has 1 aromatic heterocycles. The minimum Gasteiger partial charge on any atom is -0.494 e. The van der Waals surface area contributed by atoms with Crippen LogP contribution in [0, 0.1) is 11.7 Å². The Kier molecular flexibility index (Phi) is 5.46. The Hall–Kier alpha value is -2.95. The average Bonchev–Trinajstić information content (AvgIpc) is 2.64. The largest absolute Gasteiger partial charge is 0.494 e. The summed E-state index contributed by atoms with van der Waals surface area (Å²) in [5, 5.41) is 9.79. The van der Waals surface area contributed by atoms with Crippen molar-refractivity contribution >= 4 is 16.9 Å². The first kappa shape index (κ1) is 17.9. The second-order valence-electron chi connectivity index (χ2n) is 6.32. The van der Waals surface area contributed by atoms with E-state index in [2.05, 4.69) is 4.98 Å². The number of nitrogens with zero attached hydrogens (tertiary/aromatic N) is 1. The summed E-state index contributed by atoms with van der Waals surface area (Å²) in [7, 11) is 0. The molecule has 1 unspecified atom stereocenters. The minimum atomic E-state index is -0.786. The molecule has 0 aliphatic rings. The maximum Gasteiger partial charge on any atom is 0.306 e. The van der Waals surface area contributed by atoms with Crippen molar-refractivity contribution in [1.29, 1.82) is 0 Å². The van der Waals surface area contributed by atoms with Crippen LogP contribution >= 0.6 is 0 Å². The molecule has 0 amide bonds. The van der Waals surface area contributed by atoms with Crippen LogP contribution in [0.5, 0.6) is 5.75 Å². The fourth-order valence-electron chi connectivity index (χ4n) is 2.73. The predicted octanol–water partition coefficient (Wildman–Crippen LogP) is 4.92. The van der Waals surface area contributed by atoms with Gasteiger partial charge >= 0.3 is 5.97 Å². The molecule has 0 aliphatic heterocycles. The number of aliphatic carboxylic acids is 1. The molecule has 1 atom stereocenters. The topological polar surface area (TPSA) is 59.4 Å². The van der Waals surface area contributed by atoms with Crippen LogP contribution in [0.3, 0.4) is 0 Å². The molecule has 3 aromatic rings. The predicted molar refractivity (Wildman–Crippen MR) is 98.7 cm³/mol. The van der Waals surface area contributed by atoms with E-state index in [4.69, 9.17) is 9.84 Å². The molecule has 3 rings (SSSR count). The van der Waals surface area contributed by atoms with Crippen LogP contribution in [0.15, 0.2) is 54.7 Å². The number of hydrogen-bond acceptors (Lipinski definition) is 3. The third-order valence-corrected chi connectivity index (χ3v) is 4.28. The minimum absolute atomic E-state index is 0.282. The van der Waals surface area contributed by atoms with E-state index >= 15 is 0 Å². The zero-order valence-corrected chi connectivity index (χ0v) is 14.5. The molecule has 4 nitrogen and oxygen atoms in total. The van der Waals surface area contributed by atoms with E-state index in [9.17, 15) is 9.18 Å².